The second-order valence-electron chi connectivity index (χ2n) is 4.00. The largest absolute Gasteiger partial charge is 0.377 e. The van der Waals surface area contributed by atoms with E-state index in [4.69, 9.17) is 0 Å². The van der Waals surface area contributed by atoms with Gasteiger partial charge in [0.1, 0.15) is 5.60 Å². The lowest BCUT2D eigenvalue weighted by Gasteiger charge is -2.20. The molecule has 0 bridgehead atoms. The lowest BCUT2D eigenvalue weighted by Crippen LogP contribution is -2.30. The molecule has 1 fully saturated rings. The third-order valence-corrected chi connectivity index (χ3v) is 2.93. The van der Waals surface area contributed by atoms with Crippen LogP contribution in [-0.2, 0) is 10.4 Å². The average molecular weight is 190 g/mol. The van der Waals surface area contributed by atoms with Gasteiger partial charge in [0.25, 0.3) is 0 Å². The predicted octanol–water partition coefficient (Wildman–Crippen LogP) is 1.94. The summed E-state index contributed by atoms with van der Waals surface area (Å²) in [6, 6.07) is 7.55. The summed E-state index contributed by atoms with van der Waals surface area (Å²) >= 11 is 0. The lowest BCUT2D eigenvalue weighted by molar-refractivity contribution is -0.134. The number of ketones is 1. The molecule has 1 saturated carbocycles. The zero-order valence-electron chi connectivity index (χ0n) is 8.29. The molecular weight excluding hydrogens is 176 g/mol. The van der Waals surface area contributed by atoms with Gasteiger partial charge < -0.3 is 5.11 Å². The second-order valence-corrected chi connectivity index (χ2v) is 4.00. The van der Waals surface area contributed by atoms with E-state index in [0.29, 0.717) is 12.8 Å². The Morgan fingerprint density at radius 3 is 2.43 bits per heavy atom. The van der Waals surface area contributed by atoms with Crippen LogP contribution in [0.25, 0.3) is 0 Å². The quantitative estimate of drug-likeness (QED) is 0.734. The average Bonchev–Trinajstić information content (AvgIpc) is 2.49. The van der Waals surface area contributed by atoms with Crippen molar-refractivity contribution in [2.24, 2.45) is 0 Å². The monoisotopic (exact) mass is 190 g/mol. The van der Waals surface area contributed by atoms with Crippen LogP contribution >= 0.6 is 0 Å². The summed E-state index contributed by atoms with van der Waals surface area (Å²) in [7, 11) is 0. The summed E-state index contributed by atoms with van der Waals surface area (Å²) in [5, 5.41) is 10.2. The van der Waals surface area contributed by atoms with Gasteiger partial charge in [-0.15, -0.1) is 0 Å². The smallest absolute Gasteiger partial charge is 0.168 e. The number of carbonyl (C=O) groups excluding carboxylic acids is 1. The van der Waals surface area contributed by atoms with Crippen LogP contribution in [0.2, 0.25) is 0 Å². The molecule has 0 aliphatic heterocycles. The van der Waals surface area contributed by atoms with Crippen molar-refractivity contribution in [3.8, 4) is 0 Å². The van der Waals surface area contributed by atoms with E-state index in [2.05, 4.69) is 0 Å². The molecule has 0 spiro atoms. The van der Waals surface area contributed by atoms with Crippen molar-refractivity contribution in [1.82, 2.24) is 0 Å². The zero-order valence-corrected chi connectivity index (χ0v) is 8.29. The Morgan fingerprint density at radius 2 is 1.93 bits per heavy atom. The van der Waals surface area contributed by atoms with E-state index in [9.17, 15) is 9.90 Å². The summed E-state index contributed by atoms with van der Waals surface area (Å²) in [6.07, 6.45) is 1.86. The Labute approximate surface area is 83.6 Å². The predicted molar refractivity (Wildman–Crippen MR) is 53.9 cm³/mol. The molecule has 14 heavy (non-hydrogen) atoms. The minimum absolute atomic E-state index is 0.0404. The topological polar surface area (TPSA) is 37.3 Å². The standard InChI is InChI=1S/C12H14O2/c1-9-4-6-10(7-5-9)12(14)8-2-3-11(12)13/h4-7,14H,2-3,8H2,1H3. The highest BCUT2D eigenvalue weighted by molar-refractivity contribution is 5.90. The Kier molecular flexibility index (Phi) is 2.16. The van der Waals surface area contributed by atoms with E-state index < -0.39 is 5.60 Å². The van der Waals surface area contributed by atoms with E-state index in [1.807, 2.05) is 31.2 Å². The minimum Gasteiger partial charge on any atom is -0.377 e. The molecule has 1 N–H and O–H groups in total. The van der Waals surface area contributed by atoms with Crippen molar-refractivity contribution < 1.29 is 9.90 Å². The number of benzene rings is 1. The summed E-state index contributed by atoms with van der Waals surface area (Å²) in [4.78, 5) is 11.5. The number of aliphatic hydroxyl groups is 1. The second kappa shape index (κ2) is 3.21. The van der Waals surface area contributed by atoms with E-state index in [0.717, 1.165) is 17.5 Å². The summed E-state index contributed by atoms with van der Waals surface area (Å²) < 4.78 is 0. The molecular formula is C12H14O2. The fraction of sp³-hybridized carbons (Fsp3) is 0.417. The number of carbonyl (C=O) groups is 1. The van der Waals surface area contributed by atoms with Gasteiger partial charge in [0.15, 0.2) is 5.78 Å². The number of aryl methyl sites for hydroxylation is 1. The van der Waals surface area contributed by atoms with Crippen molar-refractivity contribution in [2.45, 2.75) is 31.8 Å². The van der Waals surface area contributed by atoms with Gasteiger partial charge in [-0.1, -0.05) is 29.8 Å². The molecule has 0 saturated heterocycles. The fourth-order valence-electron chi connectivity index (χ4n) is 1.99. The molecule has 74 valence electrons. The van der Waals surface area contributed by atoms with Crippen LogP contribution in [0, 0.1) is 6.92 Å². The first-order chi connectivity index (χ1) is 6.63. The fourth-order valence-corrected chi connectivity index (χ4v) is 1.99. The molecule has 1 aromatic rings. The molecule has 1 atom stereocenters. The molecule has 0 aromatic heterocycles. The Bertz CT molecular complexity index is 353. The summed E-state index contributed by atoms with van der Waals surface area (Å²) in [5.74, 6) is -0.0404. The van der Waals surface area contributed by atoms with Crippen molar-refractivity contribution in [3.63, 3.8) is 0 Å². The molecule has 1 aliphatic rings. The third-order valence-electron chi connectivity index (χ3n) is 2.93. The maximum atomic E-state index is 11.5. The van der Waals surface area contributed by atoms with Crippen LogP contribution < -0.4 is 0 Å². The zero-order chi connectivity index (χ0) is 10.2. The first-order valence-corrected chi connectivity index (χ1v) is 4.96. The maximum absolute atomic E-state index is 11.5. The van der Waals surface area contributed by atoms with Crippen LogP contribution in [0.3, 0.4) is 0 Å². The minimum atomic E-state index is -1.20. The van der Waals surface area contributed by atoms with E-state index in [-0.39, 0.29) is 5.78 Å². The van der Waals surface area contributed by atoms with E-state index >= 15 is 0 Å². The van der Waals surface area contributed by atoms with Crippen LogP contribution in [0.5, 0.6) is 0 Å². The Morgan fingerprint density at radius 1 is 1.29 bits per heavy atom. The number of hydrogen-bond donors (Lipinski definition) is 1. The van der Waals surface area contributed by atoms with Gasteiger partial charge in [0.05, 0.1) is 0 Å². The van der Waals surface area contributed by atoms with Crippen molar-refractivity contribution in [3.05, 3.63) is 35.4 Å². The maximum Gasteiger partial charge on any atom is 0.168 e. The molecule has 0 heterocycles. The van der Waals surface area contributed by atoms with Gasteiger partial charge in [-0.2, -0.15) is 0 Å². The van der Waals surface area contributed by atoms with E-state index in [1.54, 1.807) is 0 Å². The SMILES string of the molecule is Cc1ccc(C2(O)CCCC2=O)cc1. The van der Waals surface area contributed by atoms with Gasteiger partial charge in [0, 0.05) is 6.42 Å². The summed E-state index contributed by atoms with van der Waals surface area (Å²) in [5.41, 5.74) is 0.682. The number of hydrogen-bond acceptors (Lipinski definition) is 2. The van der Waals surface area contributed by atoms with Crippen LogP contribution in [0.1, 0.15) is 30.4 Å². The lowest BCUT2D eigenvalue weighted by atomic mass is 9.91. The third kappa shape index (κ3) is 1.36. The van der Waals surface area contributed by atoms with Crippen LogP contribution in [0.15, 0.2) is 24.3 Å². The molecule has 1 unspecified atom stereocenters. The van der Waals surface area contributed by atoms with Crippen molar-refractivity contribution >= 4 is 5.78 Å². The number of rotatable bonds is 1. The normalized spacial score (nSPS) is 26.9. The Hall–Kier alpha value is -1.15. The molecule has 0 radical (unpaired) electrons. The highest BCUT2D eigenvalue weighted by Crippen LogP contribution is 2.35. The first-order valence-electron chi connectivity index (χ1n) is 4.96. The van der Waals surface area contributed by atoms with Crippen molar-refractivity contribution in [2.75, 3.05) is 0 Å². The molecule has 1 aromatic carbocycles. The van der Waals surface area contributed by atoms with Gasteiger partial charge >= 0.3 is 0 Å². The van der Waals surface area contributed by atoms with E-state index in [1.165, 1.54) is 0 Å². The number of Topliss-reactive ketones (excluding diaryl/α,β-unsaturated/α-hetero) is 1. The van der Waals surface area contributed by atoms with Crippen LogP contribution in [0.4, 0.5) is 0 Å². The van der Waals surface area contributed by atoms with Crippen LogP contribution in [-0.4, -0.2) is 10.9 Å². The van der Waals surface area contributed by atoms with Crippen molar-refractivity contribution in [1.29, 1.82) is 0 Å². The first kappa shape index (κ1) is 9.41. The van der Waals surface area contributed by atoms with Gasteiger partial charge in [-0.3, -0.25) is 4.79 Å². The summed E-state index contributed by atoms with van der Waals surface area (Å²) in [6.45, 7) is 1.99. The molecule has 2 heteroatoms. The molecule has 1 aliphatic carbocycles. The highest BCUT2D eigenvalue weighted by Gasteiger charge is 2.41. The highest BCUT2D eigenvalue weighted by atomic mass is 16.3. The molecule has 2 nitrogen and oxygen atoms in total. The van der Waals surface area contributed by atoms with Gasteiger partial charge in [0.2, 0.25) is 0 Å². The van der Waals surface area contributed by atoms with Gasteiger partial charge in [-0.25, -0.2) is 0 Å². The molecule has 0 amide bonds. The Balaban J connectivity index is 2.38. The molecule has 2 rings (SSSR count). The van der Waals surface area contributed by atoms with Gasteiger partial charge in [-0.05, 0) is 25.3 Å².